The number of nitrogens with one attached hydrogen (secondary N) is 3. The quantitative estimate of drug-likeness (QED) is 0.227. The van der Waals surface area contributed by atoms with E-state index in [4.69, 9.17) is 9.47 Å². The Morgan fingerprint density at radius 3 is 2.28 bits per heavy atom. The summed E-state index contributed by atoms with van der Waals surface area (Å²) < 4.78 is 11.0. The second-order valence-electron chi connectivity index (χ2n) is 14.8. The first-order chi connectivity index (χ1) is 23.8. The number of amides is 2. The van der Waals surface area contributed by atoms with E-state index in [2.05, 4.69) is 62.7 Å². The Hall–Kier alpha value is -4.15. The molecule has 50 heavy (non-hydrogen) atoms. The monoisotopic (exact) mass is 685 g/mol. The van der Waals surface area contributed by atoms with Crippen molar-refractivity contribution in [1.82, 2.24) is 20.5 Å². The van der Waals surface area contributed by atoms with Gasteiger partial charge in [0.2, 0.25) is 0 Å². The molecule has 0 atom stereocenters. The molecule has 2 fully saturated rings. The number of nitrogens with zero attached hydrogens (tertiary/aromatic N) is 2. The van der Waals surface area contributed by atoms with E-state index in [1.807, 2.05) is 53.7 Å². The smallest absolute Gasteiger partial charge is 0.407 e. The fraction of sp³-hybridized carbons (Fsp3) is 0.525. The molecule has 1 aliphatic carbocycles. The summed E-state index contributed by atoms with van der Waals surface area (Å²) in [6.07, 6.45) is 3.14. The summed E-state index contributed by atoms with van der Waals surface area (Å²) >= 11 is 0. The highest BCUT2D eigenvalue weighted by molar-refractivity contribution is 5.99. The summed E-state index contributed by atoms with van der Waals surface area (Å²) in [5, 5.41) is 6.11. The minimum absolute atomic E-state index is 0.0675. The maximum absolute atomic E-state index is 14.0. The summed E-state index contributed by atoms with van der Waals surface area (Å²) in [7, 11) is 0. The third-order valence-electron chi connectivity index (χ3n) is 9.85. The highest BCUT2D eigenvalue weighted by atomic mass is 16.6. The largest absolute Gasteiger partial charge is 0.444 e. The van der Waals surface area contributed by atoms with E-state index in [1.54, 1.807) is 0 Å². The number of hydrogen-bond donors (Lipinski definition) is 3. The van der Waals surface area contributed by atoms with Gasteiger partial charge in [-0.25, -0.2) is 4.79 Å². The zero-order chi connectivity index (χ0) is 36.0. The summed E-state index contributed by atoms with van der Waals surface area (Å²) in [6, 6.07) is 15.1. The maximum Gasteiger partial charge on any atom is 0.407 e. The van der Waals surface area contributed by atoms with E-state index in [-0.39, 0.29) is 36.2 Å². The molecule has 0 spiro atoms. The Morgan fingerprint density at radius 2 is 1.66 bits per heavy atom. The van der Waals surface area contributed by atoms with Crippen LogP contribution in [0.15, 0.2) is 47.3 Å². The molecular formula is C40H55N5O5. The predicted molar refractivity (Wildman–Crippen MR) is 199 cm³/mol. The molecule has 1 saturated carbocycles. The van der Waals surface area contributed by atoms with Gasteiger partial charge in [-0.1, -0.05) is 24.3 Å². The lowest BCUT2D eigenvalue weighted by atomic mass is 9.88. The van der Waals surface area contributed by atoms with E-state index in [9.17, 15) is 14.4 Å². The fourth-order valence-corrected chi connectivity index (χ4v) is 7.22. The van der Waals surface area contributed by atoms with Gasteiger partial charge in [0.1, 0.15) is 5.60 Å². The van der Waals surface area contributed by atoms with Crippen LogP contribution in [0.4, 0.5) is 10.5 Å². The molecule has 2 amide bonds. The number of alkyl carbamates (subject to hydrolysis) is 1. The van der Waals surface area contributed by atoms with Crippen molar-refractivity contribution < 1.29 is 19.1 Å². The van der Waals surface area contributed by atoms with E-state index < -0.39 is 5.60 Å². The van der Waals surface area contributed by atoms with Crippen molar-refractivity contribution in [2.45, 2.75) is 105 Å². The van der Waals surface area contributed by atoms with Gasteiger partial charge >= 0.3 is 6.09 Å². The number of carbonyl (C=O) groups is 2. The third-order valence-corrected chi connectivity index (χ3v) is 9.85. The van der Waals surface area contributed by atoms with Gasteiger partial charge in [0.05, 0.1) is 13.2 Å². The number of benzene rings is 2. The molecular weight excluding hydrogens is 630 g/mol. The lowest BCUT2D eigenvalue weighted by Crippen LogP contribution is -2.45. The summed E-state index contributed by atoms with van der Waals surface area (Å²) in [5.41, 5.74) is 7.26. The number of pyridine rings is 1. The van der Waals surface area contributed by atoms with Crippen molar-refractivity contribution in [3.63, 3.8) is 0 Å². The van der Waals surface area contributed by atoms with Gasteiger partial charge in [0, 0.05) is 67.3 Å². The van der Waals surface area contributed by atoms with E-state index in [0.29, 0.717) is 11.1 Å². The Kier molecular flexibility index (Phi) is 12.1. The Labute approximate surface area is 296 Å². The summed E-state index contributed by atoms with van der Waals surface area (Å²) in [4.78, 5) is 46.8. The first-order valence-corrected chi connectivity index (χ1v) is 18.1. The Morgan fingerprint density at radius 1 is 0.980 bits per heavy atom. The van der Waals surface area contributed by atoms with Crippen LogP contribution in [0.3, 0.4) is 0 Å². The van der Waals surface area contributed by atoms with Crippen molar-refractivity contribution in [1.29, 1.82) is 0 Å². The van der Waals surface area contributed by atoms with Gasteiger partial charge in [0.25, 0.3) is 11.5 Å². The van der Waals surface area contributed by atoms with Gasteiger partial charge in [-0.15, -0.1) is 0 Å². The lowest BCUT2D eigenvalue weighted by Gasteiger charge is -2.39. The van der Waals surface area contributed by atoms with Crippen LogP contribution in [0.25, 0.3) is 11.1 Å². The first kappa shape index (κ1) is 37.1. The van der Waals surface area contributed by atoms with Crippen LogP contribution in [-0.4, -0.2) is 72.4 Å². The highest BCUT2D eigenvalue weighted by Crippen LogP contribution is 2.35. The molecule has 10 heteroatoms. The van der Waals surface area contributed by atoms with E-state index in [1.165, 1.54) is 5.56 Å². The van der Waals surface area contributed by atoms with Crippen LogP contribution in [0.2, 0.25) is 0 Å². The second kappa shape index (κ2) is 16.2. The second-order valence-corrected chi connectivity index (χ2v) is 14.8. The number of aromatic nitrogens is 1. The zero-order valence-electron chi connectivity index (χ0n) is 30.9. The van der Waals surface area contributed by atoms with E-state index >= 15 is 0 Å². The van der Waals surface area contributed by atoms with Gasteiger partial charge in [-0.3, -0.25) is 14.5 Å². The topological polar surface area (TPSA) is 116 Å². The predicted octanol–water partition coefficient (Wildman–Crippen LogP) is 6.39. The number of aromatic amines is 1. The van der Waals surface area contributed by atoms with Crippen LogP contribution < -0.4 is 21.1 Å². The number of H-pyrrole nitrogens is 1. The average molecular weight is 686 g/mol. The molecule has 5 rings (SSSR count). The maximum atomic E-state index is 14.0. The van der Waals surface area contributed by atoms with Gasteiger partial charge in [0.15, 0.2) is 0 Å². The molecule has 0 bridgehead atoms. The van der Waals surface area contributed by atoms with Crippen molar-refractivity contribution >= 4 is 17.7 Å². The van der Waals surface area contributed by atoms with Gasteiger partial charge in [-0.05, 0) is 120 Å². The number of carbonyl (C=O) groups excluding carboxylic acids is 2. The molecule has 10 nitrogen and oxygen atoms in total. The van der Waals surface area contributed by atoms with Crippen molar-refractivity contribution in [2.24, 2.45) is 0 Å². The molecule has 1 saturated heterocycles. The van der Waals surface area contributed by atoms with Crippen LogP contribution in [0.1, 0.15) is 91.7 Å². The number of rotatable bonds is 10. The molecule has 2 heterocycles. The zero-order valence-corrected chi connectivity index (χ0v) is 30.9. The normalized spacial score (nSPS) is 18.4. The first-order valence-electron chi connectivity index (χ1n) is 18.1. The molecule has 1 aliphatic heterocycles. The number of hydrogen-bond acceptors (Lipinski definition) is 7. The molecule has 2 aromatic carbocycles. The van der Waals surface area contributed by atoms with Crippen LogP contribution >= 0.6 is 0 Å². The van der Waals surface area contributed by atoms with Gasteiger partial charge in [-0.2, -0.15) is 0 Å². The minimum atomic E-state index is -0.537. The molecule has 2 aliphatic rings. The molecule has 1 aromatic heterocycles. The van der Waals surface area contributed by atoms with Crippen LogP contribution in [0.5, 0.6) is 0 Å². The van der Waals surface area contributed by atoms with Crippen molar-refractivity contribution in [2.75, 3.05) is 37.7 Å². The Bertz CT molecular complexity index is 1700. The SMILES string of the molecule is CCN(c1cc(-c2ccc(CN3CCOCC3)cc2)cc(C(=O)NCc2c(C)cc(C)[nH]c2=O)c1C)C1CCC(NC(=O)OC(C)(C)C)CC1. The minimum Gasteiger partial charge on any atom is -0.444 e. The third kappa shape index (κ3) is 9.54. The number of anilines is 1. The number of aryl methyl sites for hydroxylation is 2. The standard InChI is InChI=1S/C40H55N5O5/c1-8-45(33-15-13-32(14-16-33)43-39(48)50-40(5,6)7)36-23-31(30-11-9-29(10-12-30)25-44-17-19-49-20-18-44)22-34(28(36)4)37(46)41-24-35-26(2)21-27(3)42-38(35)47/h9-12,21-23,32-33H,8,13-20,24-25H2,1-7H3,(H,41,46)(H,42,47)(H,43,48). The van der Waals surface area contributed by atoms with Crippen molar-refractivity contribution in [3.8, 4) is 11.1 Å². The molecule has 3 N–H and O–H groups in total. The van der Waals surface area contributed by atoms with Crippen LogP contribution in [0, 0.1) is 20.8 Å². The van der Waals surface area contributed by atoms with Gasteiger partial charge < -0.3 is 30.0 Å². The highest BCUT2D eigenvalue weighted by Gasteiger charge is 2.29. The lowest BCUT2D eigenvalue weighted by molar-refractivity contribution is 0.0342. The molecule has 270 valence electrons. The molecule has 0 radical (unpaired) electrons. The molecule has 3 aromatic rings. The molecule has 0 unspecified atom stereocenters. The number of morpholine rings is 1. The fourth-order valence-electron chi connectivity index (χ4n) is 7.22. The van der Waals surface area contributed by atoms with E-state index in [0.717, 1.165) is 98.7 Å². The summed E-state index contributed by atoms with van der Waals surface area (Å²) in [6.45, 7) is 18.7. The summed E-state index contributed by atoms with van der Waals surface area (Å²) in [5.74, 6) is -0.213. The number of ether oxygens (including phenoxy) is 2. The van der Waals surface area contributed by atoms with Crippen molar-refractivity contribution in [3.05, 3.63) is 86.3 Å². The van der Waals surface area contributed by atoms with Crippen LogP contribution in [-0.2, 0) is 22.6 Å². The average Bonchev–Trinajstić information content (AvgIpc) is 3.06. The Balaban J connectivity index is 1.41.